The van der Waals surface area contributed by atoms with E-state index in [1.165, 1.54) is 0 Å². The summed E-state index contributed by atoms with van der Waals surface area (Å²) in [6, 6.07) is 0. The van der Waals surface area contributed by atoms with E-state index in [0.29, 0.717) is 13.0 Å². The molecule has 11 heavy (non-hydrogen) atoms. The molecule has 0 spiro atoms. The van der Waals surface area contributed by atoms with E-state index in [9.17, 15) is 4.79 Å². The average molecular weight is 155 g/mol. The molecule has 0 bridgehead atoms. The zero-order valence-electron chi connectivity index (χ0n) is 6.94. The van der Waals surface area contributed by atoms with Crippen LogP contribution in [0.1, 0.15) is 20.3 Å². The summed E-state index contributed by atoms with van der Waals surface area (Å²) in [6.07, 6.45) is 0.512. The Bertz CT molecular complexity index is 185. The van der Waals surface area contributed by atoms with Crippen LogP contribution in [0.3, 0.4) is 0 Å². The summed E-state index contributed by atoms with van der Waals surface area (Å²) in [5, 5.41) is 7.25. The third-order valence-electron chi connectivity index (χ3n) is 1.24. The van der Waals surface area contributed by atoms with Crippen LogP contribution in [-0.2, 0) is 9.53 Å². The minimum absolute atomic E-state index is 0.161. The summed E-state index contributed by atoms with van der Waals surface area (Å²) < 4.78 is 4.65. The van der Waals surface area contributed by atoms with Crippen LogP contribution in [0.5, 0.6) is 0 Å². The van der Waals surface area contributed by atoms with Gasteiger partial charge in [0.05, 0.1) is 12.2 Å². The number of esters is 1. The van der Waals surface area contributed by atoms with Crippen LogP contribution >= 0.6 is 0 Å². The van der Waals surface area contributed by atoms with E-state index in [1.54, 1.807) is 13.8 Å². The first kappa shape index (κ1) is 9.88. The third-order valence-corrected chi connectivity index (χ3v) is 1.24. The van der Waals surface area contributed by atoms with E-state index >= 15 is 0 Å². The van der Waals surface area contributed by atoms with Crippen LogP contribution < -0.4 is 0 Å². The Morgan fingerprint density at radius 3 is 2.45 bits per heavy atom. The molecule has 0 aromatic rings. The largest absolute Gasteiger partial charge is 0.462 e. The van der Waals surface area contributed by atoms with E-state index in [-0.39, 0.29) is 11.3 Å². The molecule has 3 heteroatoms. The summed E-state index contributed by atoms with van der Waals surface area (Å²) in [4.78, 5) is 10.9. The minimum atomic E-state index is -0.487. The van der Waals surface area contributed by atoms with Crippen LogP contribution in [0, 0.1) is 5.41 Å². The first-order valence-electron chi connectivity index (χ1n) is 3.57. The van der Waals surface area contributed by atoms with Crippen LogP contribution in [0.2, 0.25) is 0 Å². The van der Waals surface area contributed by atoms with E-state index in [4.69, 9.17) is 5.41 Å². The van der Waals surface area contributed by atoms with Crippen LogP contribution in [0.15, 0.2) is 12.2 Å². The molecular weight excluding hydrogens is 142 g/mol. The second kappa shape index (κ2) is 4.66. The molecule has 0 radical (unpaired) electrons. The quantitative estimate of drug-likeness (QED) is 0.380. The summed E-state index contributed by atoms with van der Waals surface area (Å²) in [7, 11) is 0. The second-order valence-electron chi connectivity index (χ2n) is 2.03. The lowest BCUT2D eigenvalue weighted by Gasteiger charge is -2.03. The van der Waals surface area contributed by atoms with Gasteiger partial charge in [0.1, 0.15) is 0 Å². The van der Waals surface area contributed by atoms with E-state index in [0.717, 1.165) is 0 Å². The molecule has 62 valence electrons. The maximum Gasteiger partial charge on any atom is 0.339 e. The maximum absolute atomic E-state index is 10.9. The smallest absolute Gasteiger partial charge is 0.339 e. The van der Waals surface area contributed by atoms with Gasteiger partial charge in [-0.3, -0.25) is 0 Å². The molecule has 3 nitrogen and oxygen atoms in total. The number of hydrogen-bond donors (Lipinski definition) is 1. The highest BCUT2D eigenvalue weighted by atomic mass is 16.5. The molecule has 0 aliphatic rings. The standard InChI is InChI=1S/C8H13NO2/c1-4-7(9)6(3)8(10)11-5-2/h9H,3-5H2,1-2H3. The molecule has 0 atom stereocenters. The monoisotopic (exact) mass is 155 g/mol. The normalized spacial score (nSPS) is 8.91. The predicted molar refractivity (Wildman–Crippen MR) is 43.8 cm³/mol. The first-order chi connectivity index (χ1) is 5.13. The fourth-order valence-electron chi connectivity index (χ4n) is 0.555. The van der Waals surface area contributed by atoms with Gasteiger partial charge in [-0.2, -0.15) is 0 Å². The van der Waals surface area contributed by atoms with Gasteiger partial charge in [0, 0.05) is 5.71 Å². The van der Waals surface area contributed by atoms with Gasteiger partial charge in [-0.1, -0.05) is 13.5 Å². The van der Waals surface area contributed by atoms with Crippen molar-refractivity contribution in [2.24, 2.45) is 0 Å². The first-order valence-corrected chi connectivity index (χ1v) is 3.57. The van der Waals surface area contributed by atoms with E-state index < -0.39 is 5.97 Å². The van der Waals surface area contributed by atoms with Gasteiger partial charge in [0.2, 0.25) is 0 Å². The van der Waals surface area contributed by atoms with E-state index in [1.807, 2.05) is 0 Å². The Kier molecular flexibility index (Phi) is 4.18. The van der Waals surface area contributed by atoms with Crippen molar-refractivity contribution in [1.82, 2.24) is 0 Å². The molecule has 0 heterocycles. The van der Waals surface area contributed by atoms with Crippen molar-refractivity contribution in [2.75, 3.05) is 6.61 Å². The van der Waals surface area contributed by atoms with Crippen molar-refractivity contribution in [2.45, 2.75) is 20.3 Å². The van der Waals surface area contributed by atoms with Gasteiger partial charge in [0.15, 0.2) is 0 Å². The highest BCUT2D eigenvalue weighted by Gasteiger charge is 2.10. The molecule has 0 unspecified atom stereocenters. The Labute approximate surface area is 66.6 Å². The van der Waals surface area contributed by atoms with Crippen LogP contribution in [0.4, 0.5) is 0 Å². The minimum Gasteiger partial charge on any atom is -0.462 e. The van der Waals surface area contributed by atoms with Gasteiger partial charge in [-0.25, -0.2) is 4.79 Å². The van der Waals surface area contributed by atoms with Crippen molar-refractivity contribution < 1.29 is 9.53 Å². The molecule has 0 aliphatic heterocycles. The number of rotatable bonds is 4. The highest BCUT2D eigenvalue weighted by Crippen LogP contribution is 1.99. The SMILES string of the molecule is C=C(C(=N)CC)C(=O)OCC. The van der Waals surface area contributed by atoms with Gasteiger partial charge in [-0.15, -0.1) is 0 Å². The van der Waals surface area contributed by atoms with Crippen LogP contribution in [0.25, 0.3) is 0 Å². The third kappa shape index (κ3) is 2.98. The number of hydrogen-bond acceptors (Lipinski definition) is 3. The number of carbonyl (C=O) groups excluding carboxylic acids is 1. The Morgan fingerprint density at radius 1 is 1.55 bits per heavy atom. The van der Waals surface area contributed by atoms with Crippen molar-refractivity contribution in [3.63, 3.8) is 0 Å². The lowest BCUT2D eigenvalue weighted by Crippen LogP contribution is -2.13. The van der Waals surface area contributed by atoms with Gasteiger partial charge in [0.25, 0.3) is 0 Å². The fourth-order valence-corrected chi connectivity index (χ4v) is 0.555. The summed E-state index contributed by atoms with van der Waals surface area (Å²) in [5.41, 5.74) is 0.401. The molecule has 0 fully saturated rings. The topological polar surface area (TPSA) is 50.2 Å². The highest BCUT2D eigenvalue weighted by molar-refractivity contribution is 6.17. The molecular formula is C8H13NO2. The fraction of sp³-hybridized carbons (Fsp3) is 0.500. The Morgan fingerprint density at radius 2 is 2.09 bits per heavy atom. The average Bonchev–Trinajstić information content (AvgIpc) is 2.02. The molecule has 0 saturated heterocycles. The Hall–Kier alpha value is -1.12. The summed E-state index contributed by atoms with van der Waals surface area (Å²) >= 11 is 0. The zero-order chi connectivity index (χ0) is 8.85. The number of nitrogens with one attached hydrogen (secondary N) is 1. The zero-order valence-corrected chi connectivity index (χ0v) is 6.94. The van der Waals surface area contributed by atoms with Crippen LogP contribution in [-0.4, -0.2) is 18.3 Å². The predicted octanol–water partition coefficient (Wildman–Crippen LogP) is 1.54. The lowest BCUT2D eigenvalue weighted by molar-refractivity contribution is -0.137. The summed E-state index contributed by atoms with van der Waals surface area (Å²) in [6.45, 7) is 7.29. The van der Waals surface area contributed by atoms with Crippen molar-refractivity contribution in [3.8, 4) is 0 Å². The molecule has 0 aromatic heterocycles. The molecule has 0 amide bonds. The number of ether oxygens (including phenoxy) is 1. The summed E-state index contributed by atoms with van der Waals surface area (Å²) in [5.74, 6) is -0.487. The van der Waals surface area contributed by atoms with Crippen molar-refractivity contribution >= 4 is 11.7 Å². The Balaban J connectivity index is 4.03. The van der Waals surface area contributed by atoms with Gasteiger partial charge in [-0.05, 0) is 13.3 Å². The molecule has 1 N–H and O–H groups in total. The lowest BCUT2D eigenvalue weighted by atomic mass is 10.1. The molecule has 0 aliphatic carbocycles. The molecule has 0 aromatic carbocycles. The van der Waals surface area contributed by atoms with Crippen molar-refractivity contribution in [3.05, 3.63) is 12.2 Å². The molecule has 0 rings (SSSR count). The number of carbonyl (C=O) groups is 1. The van der Waals surface area contributed by atoms with E-state index in [2.05, 4.69) is 11.3 Å². The van der Waals surface area contributed by atoms with Crippen molar-refractivity contribution in [1.29, 1.82) is 5.41 Å². The maximum atomic E-state index is 10.9. The molecule has 0 saturated carbocycles. The van der Waals surface area contributed by atoms with Gasteiger partial charge >= 0.3 is 5.97 Å². The second-order valence-corrected chi connectivity index (χ2v) is 2.03. The van der Waals surface area contributed by atoms with Gasteiger partial charge < -0.3 is 10.1 Å².